The molecule has 2 amide bonds. The molecule has 0 radical (unpaired) electrons. The van der Waals surface area contributed by atoms with Gasteiger partial charge in [-0.2, -0.15) is 0 Å². The van der Waals surface area contributed by atoms with Gasteiger partial charge < -0.3 is 14.5 Å². The number of benzene rings is 2. The highest BCUT2D eigenvalue weighted by molar-refractivity contribution is 7.90. The van der Waals surface area contributed by atoms with E-state index in [9.17, 15) is 18.0 Å². The molecular formula is C35H44ClN3O5S. The highest BCUT2D eigenvalue weighted by atomic mass is 35.5. The summed E-state index contributed by atoms with van der Waals surface area (Å²) in [4.78, 5) is 31.0. The lowest BCUT2D eigenvalue weighted by atomic mass is 9.67. The SMILES string of the molecule is CN(C(=O)C1CC1)[C@H]1CCCCCS(=O)(=O)NC(=O)c2ccc3c(c2)N(C[C@@H]2CC[C@H]21)C[C@@]1(CCCc2cc(Cl)ccc21)CO3. The van der Waals surface area contributed by atoms with Crippen molar-refractivity contribution in [3.05, 3.63) is 58.1 Å². The molecule has 2 bridgehead atoms. The van der Waals surface area contributed by atoms with Crippen molar-refractivity contribution < 1.29 is 22.7 Å². The van der Waals surface area contributed by atoms with Crippen molar-refractivity contribution in [1.82, 2.24) is 9.62 Å². The van der Waals surface area contributed by atoms with Gasteiger partial charge in [-0.3, -0.25) is 9.59 Å². The van der Waals surface area contributed by atoms with Crippen LogP contribution in [0.25, 0.3) is 0 Å². The van der Waals surface area contributed by atoms with Crippen molar-refractivity contribution in [3.8, 4) is 5.75 Å². The zero-order chi connectivity index (χ0) is 31.3. The Hall–Kier alpha value is -2.78. The standard InChI is InChI=1S/C35H44ClN3O5S/c1-38(34(41)23-8-9-23)30-7-3-2-4-17-45(42,43)37-33(40)25-11-15-32-31(19-25)39(20-26-10-13-28(26)30)21-35(22-44-32)16-5-6-24-18-27(36)12-14-29(24)35/h11-12,14-15,18-19,23,26,28,30H,2-10,13,16-17,20-22H2,1H3,(H,37,40)/t26-,28+,30-,35-/m0/s1. The number of sulfonamides is 1. The molecule has 0 aromatic heterocycles. The van der Waals surface area contributed by atoms with Gasteiger partial charge in [0.15, 0.2) is 0 Å². The molecule has 10 heteroatoms. The van der Waals surface area contributed by atoms with E-state index in [1.165, 1.54) is 11.1 Å². The van der Waals surface area contributed by atoms with Gasteiger partial charge in [0.25, 0.3) is 5.91 Å². The average molecular weight is 654 g/mol. The molecule has 0 saturated heterocycles. The van der Waals surface area contributed by atoms with E-state index in [1.54, 1.807) is 6.07 Å². The fourth-order valence-corrected chi connectivity index (χ4v) is 9.70. The minimum absolute atomic E-state index is 0.0988. The van der Waals surface area contributed by atoms with Crippen LogP contribution >= 0.6 is 11.6 Å². The molecule has 2 heterocycles. The quantitative estimate of drug-likeness (QED) is 0.446. The largest absolute Gasteiger partial charge is 0.490 e. The summed E-state index contributed by atoms with van der Waals surface area (Å²) >= 11 is 6.43. The molecule has 45 heavy (non-hydrogen) atoms. The van der Waals surface area contributed by atoms with Gasteiger partial charge in [-0.15, -0.1) is 0 Å². The van der Waals surface area contributed by atoms with E-state index in [2.05, 4.69) is 21.8 Å². The number of rotatable bonds is 2. The van der Waals surface area contributed by atoms with Crippen LogP contribution in [0.15, 0.2) is 36.4 Å². The fraction of sp³-hybridized carbons (Fsp3) is 0.600. The molecule has 2 aromatic carbocycles. The zero-order valence-corrected chi connectivity index (χ0v) is 27.7. The summed E-state index contributed by atoms with van der Waals surface area (Å²) in [5.74, 6) is 1.20. The average Bonchev–Trinajstić information content (AvgIpc) is 3.86. The van der Waals surface area contributed by atoms with E-state index in [-0.39, 0.29) is 29.0 Å². The van der Waals surface area contributed by atoms with E-state index in [4.69, 9.17) is 16.3 Å². The number of carbonyl (C=O) groups excluding carboxylic acids is 2. The van der Waals surface area contributed by atoms with Crippen molar-refractivity contribution in [3.63, 3.8) is 0 Å². The van der Waals surface area contributed by atoms with Crippen LogP contribution in [-0.4, -0.2) is 63.7 Å². The van der Waals surface area contributed by atoms with Crippen LogP contribution in [-0.2, 0) is 26.7 Å². The highest BCUT2D eigenvalue weighted by Crippen LogP contribution is 2.48. The number of nitrogens with one attached hydrogen (secondary N) is 1. The summed E-state index contributed by atoms with van der Waals surface area (Å²) in [5.41, 5.74) is 3.43. The predicted octanol–water partition coefficient (Wildman–Crippen LogP) is 5.71. The van der Waals surface area contributed by atoms with Crippen molar-refractivity contribution in [1.29, 1.82) is 0 Å². The third-order valence-corrected chi connectivity index (χ3v) is 12.7. The second-order valence-corrected chi connectivity index (χ2v) is 16.5. The van der Waals surface area contributed by atoms with Gasteiger partial charge in [0.1, 0.15) is 5.75 Å². The molecule has 3 aliphatic carbocycles. The number of halogens is 1. The van der Waals surface area contributed by atoms with Gasteiger partial charge in [0.2, 0.25) is 15.9 Å². The number of hydrogen-bond donors (Lipinski definition) is 1. The summed E-state index contributed by atoms with van der Waals surface area (Å²) in [7, 11) is -1.80. The van der Waals surface area contributed by atoms with Crippen LogP contribution in [0.4, 0.5) is 5.69 Å². The summed E-state index contributed by atoms with van der Waals surface area (Å²) in [6.45, 7) is 2.03. The molecule has 2 aromatic rings. The normalized spacial score (nSPS) is 29.7. The highest BCUT2D eigenvalue weighted by Gasteiger charge is 2.46. The fourth-order valence-electron chi connectivity index (χ4n) is 8.42. The Kier molecular flexibility index (Phi) is 8.30. The maximum atomic E-state index is 13.3. The van der Waals surface area contributed by atoms with Crippen LogP contribution < -0.4 is 14.4 Å². The van der Waals surface area contributed by atoms with E-state index in [1.807, 2.05) is 30.1 Å². The van der Waals surface area contributed by atoms with Crippen LogP contribution in [0.3, 0.4) is 0 Å². The van der Waals surface area contributed by atoms with Gasteiger partial charge in [0.05, 0.1) is 18.0 Å². The molecule has 0 unspecified atom stereocenters. The lowest BCUT2D eigenvalue weighted by Crippen LogP contribution is -2.53. The van der Waals surface area contributed by atoms with E-state index in [0.29, 0.717) is 36.2 Å². The van der Waals surface area contributed by atoms with E-state index < -0.39 is 15.9 Å². The van der Waals surface area contributed by atoms with E-state index >= 15 is 0 Å². The lowest BCUT2D eigenvalue weighted by Gasteiger charge is -2.48. The Morgan fingerprint density at radius 2 is 1.89 bits per heavy atom. The number of anilines is 1. The van der Waals surface area contributed by atoms with Gasteiger partial charge in [-0.05, 0) is 111 Å². The van der Waals surface area contributed by atoms with Crippen molar-refractivity contribution in [2.75, 3.05) is 37.4 Å². The van der Waals surface area contributed by atoms with Gasteiger partial charge in [0, 0.05) is 48.1 Å². The first-order valence-corrected chi connectivity index (χ1v) is 18.8. The first-order chi connectivity index (χ1) is 21.6. The maximum Gasteiger partial charge on any atom is 0.264 e. The van der Waals surface area contributed by atoms with Gasteiger partial charge in [-0.25, -0.2) is 13.1 Å². The minimum atomic E-state index is -3.78. The Morgan fingerprint density at radius 1 is 1.04 bits per heavy atom. The molecule has 242 valence electrons. The number of hydrogen-bond acceptors (Lipinski definition) is 6. The molecular weight excluding hydrogens is 610 g/mol. The lowest BCUT2D eigenvalue weighted by molar-refractivity contribution is -0.136. The second kappa shape index (κ2) is 12.1. The molecule has 2 aliphatic heterocycles. The smallest absolute Gasteiger partial charge is 0.264 e. The van der Waals surface area contributed by atoms with Crippen molar-refractivity contribution in [2.45, 2.75) is 82.1 Å². The van der Waals surface area contributed by atoms with Crippen LogP contribution in [0.5, 0.6) is 5.75 Å². The van der Waals surface area contributed by atoms with Crippen LogP contribution in [0.2, 0.25) is 5.02 Å². The number of carbonyl (C=O) groups is 2. The van der Waals surface area contributed by atoms with Crippen LogP contribution in [0, 0.1) is 17.8 Å². The molecule has 2 saturated carbocycles. The number of amides is 2. The maximum absolute atomic E-state index is 13.3. The van der Waals surface area contributed by atoms with E-state index in [0.717, 1.165) is 88.0 Å². The summed E-state index contributed by atoms with van der Waals surface area (Å²) < 4.78 is 34.7. The summed E-state index contributed by atoms with van der Waals surface area (Å²) in [5, 5.41) is 0.743. The Labute approximate surface area is 271 Å². The third kappa shape index (κ3) is 6.19. The first kappa shape index (κ1) is 30.9. The molecule has 2 fully saturated rings. The monoisotopic (exact) mass is 653 g/mol. The molecule has 8 nitrogen and oxygen atoms in total. The number of fused-ring (bicyclic) bond motifs is 4. The van der Waals surface area contributed by atoms with Gasteiger partial charge in [-0.1, -0.05) is 30.5 Å². The minimum Gasteiger partial charge on any atom is -0.490 e. The first-order valence-electron chi connectivity index (χ1n) is 16.7. The predicted molar refractivity (Wildman–Crippen MR) is 175 cm³/mol. The molecule has 1 spiro atoms. The van der Waals surface area contributed by atoms with Crippen molar-refractivity contribution >= 4 is 39.1 Å². The Balaban J connectivity index is 1.27. The second-order valence-electron chi connectivity index (χ2n) is 14.2. The zero-order valence-electron chi connectivity index (χ0n) is 26.1. The number of ether oxygens (including phenoxy) is 1. The summed E-state index contributed by atoms with van der Waals surface area (Å²) in [6, 6.07) is 11.7. The van der Waals surface area contributed by atoms with Crippen molar-refractivity contribution in [2.24, 2.45) is 17.8 Å². The summed E-state index contributed by atoms with van der Waals surface area (Å²) in [6.07, 6.45) is 10.1. The topological polar surface area (TPSA) is 96.0 Å². The molecule has 5 aliphatic rings. The van der Waals surface area contributed by atoms with Gasteiger partial charge >= 0.3 is 0 Å². The molecule has 4 atom stereocenters. The number of aryl methyl sites for hydroxylation is 1. The molecule has 7 rings (SSSR count). The molecule has 1 N–H and O–H groups in total. The third-order valence-electron chi connectivity index (χ3n) is 11.2. The Morgan fingerprint density at radius 3 is 2.67 bits per heavy atom. The Bertz CT molecular complexity index is 1590. The number of nitrogens with zero attached hydrogens (tertiary/aromatic N) is 2. The van der Waals surface area contributed by atoms with Crippen LogP contribution in [0.1, 0.15) is 85.7 Å².